The number of aromatic nitrogens is 1. The fourth-order valence-corrected chi connectivity index (χ4v) is 3.46. The summed E-state index contributed by atoms with van der Waals surface area (Å²) < 4.78 is 11.3. The molecule has 5 nitrogen and oxygen atoms in total. The highest BCUT2D eigenvalue weighted by Gasteiger charge is 2.24. The molecule has 6 heteroatoms. The molecule has 1 aliphatic rings. The van der Waals surface area contributed by atoms with Crippen molar-refractivity contribution < 1.29 is 9.15 Å². The molecule has 1 aromatic heterocycles. The first-order valence-corrected chi connectivity index (χ1v) is 8.85. The van der Waals surface area contributed by atoms with Gasteiger partial charge in [-0.05, 0) is 23.8 Å². The molecule has 1 N–H and O–H groups in total. The van der Waals surface area contributed by atoms with Gasteiger partial charge in [0.05, 0.1) is 19.3 Å². The number of rotatable bonds is 5. The minimum absolute atomic E-state index is 0.132. The molecule has 1 unspecified atom stereocenters. The summed E-state index contributed by atoms with van der Waals surface area (Å²) in [5.41, 5.74) is 2.74. The van der Waals surface area contributed by atoms with E-state index >= 15 is 0 Å². The van der Waals surface area contributed by atoms with Crippen LogP contribution in [0.25, 0.3) is 11.1 Å². The van der Waals surface area contributed by atoms with Gasteiger partial charge in [0.15, 0.2) is 5.58 Å². The maximum Gasteiger partial charge on any atom is 0.295 e. The van der Waals surface area contributed by atoms with Gasteiger partial charge in [0, 0.05) is 24.7 Å². The normalized spacial score (nSPS) is 16.8. The number of nitrogens with one attached hydrogen (secondary N) is 1. The number of nitrogens with zero attached hydrogens (tertiary/aromatic N) is 2. The average molecular weight is 358 g/mol. The number of anilines is 1. The van der Waals surface area contributed by atoms with Crippen LogP contribution in [0.2, 0.25) is 5.02 Å². The fourth-order valence-electron chi connectivity index (χ4n) is 3.20. The Bertz CT molecular complexity index is 812. The lowest BCUT2D eigenvalue weighted by atomic mass is 10.0. The molecule has 0 bridgehead atoms. The smallest absolute Gasteiger partial charge is 0.295 e. The number of para-hydroxylation sites is 2. The lowest BCUT2D eigenvalue weighted by Gasteiger charge is -2.35. The first-order valence-electron chi connectivity index (χ1n) is 8.47. The van der Waals surface area contributed by atoms with Crippen molar-refractivity contribution in [2.75, 3.05) is 38.2 Å². The van der Waals surface area contributed by atoms with Gasteiger partial charge in [-0.25, -0.2) is 0 Å². The molecule has 0 spiro atoms. The van der Waals surface area contributed by atoms with Crippen molar-refractivity contribution in [2.45, 2.75) is 6.04 Å². The number of hydrogen-bond donors (Lipinski definition) is 1. The minimum atomic E-state index is 0.132. The molecule has 0 aliphatic carbocycles. The molecule has 2 aromatic carbocycles. The topological polar surface area (TPSA) is 50.5 Å². The van der Waals surface area contributed by atoms with E-state index in [1.165, 1.54) is 0 Å². The highest BCUT2D eigenvalue weighted by molar-refractivity contribution is 6.31. The second kappa shape index (κ2) is 7.44. The Morgan fingerprint density at radius 1 is 1.08 bits per heavy atom. The van der Waals surface area contributed by atoms with E-state index in [0.717, 1.165) is 48.0 Å². The monoisotopic (exact) mass is 357 g/mol. The van der Waals surface area contributed by atoms with E-state index in [-0.39, 0.29) is 6.04 Å². The van der Waals surface area contributed by atoms with Gasteiger partial charge in [-0.2, -0.15) is 4.98 Å². The molecule has 0 saturated carbocycles. The third kappa shape index (κ3) is 3.63. The van der Waals surface area contributed by atoms with Crippen LogP contribution >= 0.6 is 11.6 Å². The zero-order chi connectivity index (χ0) is 17.1. The van der Waals surface area contributed by atoms with Crippen LogP contribution in [0.15, 0.2) is 52.9 Å². The Hall–Kier alpha value is -2.08. The van der Waals surface area contributed by atoms with Crippen LogP contribution in [-0.2, 0) is 4.74 Å². The summed E-state index contributed by atoms with van der Waals surface area (Å²) in [4.78, 5) is 6.88. The number of benzene rings is 2. The van der Waals surface area contributed by atoms with Gasteiger partial charge in [-0.15, -0.1) is 0 Å². The van der Waals surface area contributed by atoms with Crippen LogP contribution in [0.3, 0.4) is 0 Å². The number of oxazole rings is 1. The first kappa shape index (κ1) is 16.4. The predicted molar refractivity (Wildman–Crippen MR) is 99.1 cm³/mol. The van der Waals surface area contributed by atoms with E-state index in [1.807, 2.05) is 42.5 Å². The van der Waals surface area contributed by atoms with E-state index in [2.05, 4.69) is 21.3 Å². The van der Waals surface area contributed by atoms with Crippen molar-refractivity contribution >= 4 is 28.7 Å². The van der Waals surface area contributed by atoms with Crippen molar-refractivity contribution in [1.29, 1.82) is 0 Å². The van der Waals surface area contributed by atoms with Crippen molar-refractivity contribution in [3.05, 3.63) is 59.1 Å². The molecule has 0 radical (unpaired) electrons. The van der Waals surface area contributed by atoms with Crippen molar-refractivity contribution in [3.63, 3.8) is 0 Å². The molecule has 3 aromatic rings. The van der Waals surface area contributed by atoms with E-state index in [4.69, 9.17) is 20.8 Å². The van der Waals surface area contributed by atoms with Gasteiger partial charge in [-0.1, -0.05) is 41.9 Å². The summed E-state index contributed by atoms with van der Waals surface area (Å²) >= 11 is 6.46. The minimum Gasteiger partial charge on any atom is -0.424 e. The largest absolute Gasteiger partial charge is 0.424 e. The van der Waals surface area contributed by atoms with Crippen LogP contribution < -0.4 is 5.32 Å². The highest BCUT2D eigenvalue weighted by Crippen LogP contribution is 2.29. The molecular weight excluding hydrogens is 338 g/mol. The van der Waals surface area contributed by atoms with Crippen LogP contribution in [0, 0.1) is 0 Å². The Labute approximate surface area is 151 Å². The van der Waals surface area contributed by atoms with Crippen LogP contribution in [0.4, 0.5) is 6.01 Å². The molecule has 1 aliphatic heterocycles. The molecule has 2 heterocycles. The number of hydrogen-bond acceptors (Lipinski definition) is 5. The average Bonchev–Trinajstić information content (AvgIpc) is 3.07. The van der Waals surface area contributed by atoms with E-state index < -0.39 is 0 Å². The molecule has 25 heavy (non-hydrogen) atoms. The maximum atomic E-state index is 6.46. The SMILES string of the molecule is Clc1ccccc1C(CNc1nc2ccccc2o1)N1CCOCC1. The zero-order valence-electron chi connectivity index (χ0n) is 13.8. The summed E-state index contributed by atoms with van der Waals surface area (Å²) in [6.45, 7) is 3.90. The van der Waals surface area contributed by atoms with Gasteiger partial charge >= 0.3 is 0 Å². The van der Waals surface area contributed by atoms with Gasteiger partial charge in [0.25, 0.3) is 6.01 Å². The molecule has 1 saturated heterocycles. The van der Waals surface area contributed by atoms with E-state index in [9.17, 15) is 0 Å². The quantitative estimate of drug-likeness (QED) is 0.748. The van der Waals surface area contributed by atoms with Crippen molar-refractivity contribution in [2.24, 2.45) is 0 Å². The van der Waals surface area contributed by atoms with Gasteiger partial charge in [-0.3, -0.25) is 4.90 Å². The number of halogens is 1. The first-order chi connectivity index (χ1) is 12.3. The number of morpholine rings is 1. The standard InChI is InChI=1S/C19H20ClN3O2/c20-15-6-2-1-5-14(15)17(23-9-11-24-12-10-23)13-21-19-22-16-7-3-4-8-18(16)25-19/h1-8,17H,9-13H2,(H,21,22). The fraction of sp³-hybridized carbons (Fsp3) is 0.316. The van der Waals surface area contributed by atoms with Gasteiger partial charge < -0.3 is 14.5 Å². The van der Waals surface area contributed by atoms with Crippen LogP contribution in [0.1, 0.15) is 11.6 Å². The predicted octanol–water partition coefficient (Wildman–Crippen LogP) is 3.97. The molecule has 130 valence electrons. The maximum absolute atomic E-state index is 6.46. The Morgan fingerprint density at radius 2 is 1.84 bits per heavy atom. The Morgan fingerprint density at radius 3 is 2.64 bits per heavy atom. The second-order valence-electron chi connectivity index (χ2n) is 6.05. The van der Waals surface area contributed by atoms with Crippen molar-refractivity contribution in [1.82, 2.24) is 9.88 Å². The summed E-state index contributed by atoms with van der Waals surface area (Å²) in [5.74, 6) is 0. The van der Waals surface area contributed by atoms with Gasteiger partial charge in [0.2, 0.25) is 0 Å². The molecule has 1 fully saturated rings. The second-order valence-corrected chi connectivity index (χ2v) is 6.46. The molecule has 1 atom stereocenters. The van der Waals surface area contributed by atoms with Crippen molar-refractivity contribution in [3.8, 4) is 0 Å². The Balaban J connectivity index is 1.56. The Kier molecular flexibility index (Phi) is 4.88. The number of fused-ring (bicyclic) bond motifs is 1. The van der Waals surface area contributed by atoms with E-state index in [1.54, 1.807) is 0 Å². The number of ether oxygens (including phenoxy) is 1. The zero-order valence-corrected chi connectivity index (χ0v) is 14.6. The molecule has 4 rings (SSSR count). The molecule has 0 amide bonds. The van der Waals surface area contributed by atoms with E-state index in [0.29, 0.717) is 12.6 Å². The summed E-state index contributed by atoms with van der Waals surface area (Å²) in [5, 5.41) is 4.11. The third-order valence-corrected chi connectivity index (χ3v) is 4.84. The van der Waals surface area contributed by atoms with Crippen LogP contribution in [0.5, 0.6) is 0 Å². The lowest BCUT2D eigenvalue weighted by molar-refractivity contribution is 0.0186. The summed E-state index contributed by atoms with van der Waals surface area (Å²) in [6.07, 6.45) is 0. The lowest BCUT2D eigenvalue weighted by Crippen LogP contribution is -2.41. The highest BCUT2D eigenvalue weighted by atomic mass is 35.5. The summed E-state index contributed by atoms with van der Waals surface area (Å²) in [7, 11) is 0. The molecular formula is C19H20ClN3O2. The van der Waals surface area contributed by atoms with Gasteiger partial charge in [0.1, 0.15) is 5.52 Å². The van der Waals surface area contributed by atoms with Crippen LogP contribution in [-0.4, -0.2) is 42.7 Å². The summed E-state index contributed by atoms with van der Waals surface area (Å²) in [6, 6.07) is 16.4. The third-order valence-electron chi connectivity index (χ3n) is 4.49.